The zero-order chi connectivity index (χ0) is 22.7. The second kappa shape index (κ2) is 6.84. The summed E-state index contributed by atoms with van der Waals surface area (Å²) in [5.41, 5.74) is 13.4. The van der Waals surface area contributed by atoms with E-state index in [0.717, 1.165) is 5.56 Å². The minimum Gasteiger partial charge on any atom is -0.369 e. The largest absolute Gasteiger partial charge is 0.369 e. The third-order valence-electron chi connectivity index (χ3n) is 5.12. The highest BCUT2D eigenvalue weighted by Crippen LogP contribution is 2.26. The van der Waals surface area contributed by atoms with E-state index in [2.05, 4.69) is 19.9 Å². The maximum absolute atomic E-state index is 13.0. The zero-order valence-corrected chi connectivity index (χ0v) is 18.8. The number of nitrogens with two attached hydrogens (primary N) is 2. The highest BCUT2D eigenvalue weighted by Gasteiger charge is 2.28. The van der Waals surface area contributed by atoms with Crippen molar-refractivity contribution in [1.29, 1.82) is 0 Å². The van der Waals surface area contributed by atoms with E-state index in [1.165, 1.54) is 15.9 Å². The van der Waals surface area contributed by atoms with Crippen molar-refractivity contribution in [2.45, 2.75) is 52.1 Å². The Hall–Kier alpha value is -3.34. The molecule has 0 bridgehead atoms. The van der Waals surface area contributed by atoms with Crippen LogP contribution in [0.2, 0.25) is 0 Å². The molecule has 0 saturated heterocycles. The Labute approximate surface area is 181 Å². The average Bonchev–Trinajstić information content (AvgIpc) is 3.09. The molecule has 0 spiro atoms. The number of aromatic nitrogens is 6. The Bertz CT molecular complexity index is 1440. The molecule has 11 heteroatoms. The van der Waals surface area contributed by atoms with Crippen molar-refractivity contribution < 1.29 is 0 Å². The number of anilines is 2. The standard InChI is InChI=1S/C20H24N8O2S/c1-19(2,3)27-14-11(15(29)26-18(27)22)6-10(8-23-14)7-20(4,5)28-16(30)12-13(24-9-31-12)25-17(28)21/h6,8-9H,7H2,1-5H3,(H2,21,25)(H2,22,26,29). The molecule has 0 unspecified atom stereocenters. The molecule has 4 N–H and O–H groups in total. The summed E-state index contributed by atoms with van der Waals surface area (Å²) in [4.78, 5) is 42.4. The summed E-state index contributed by atoms with van der Waals surface area (Å²) >= 11 is 1.23. The van der Waals surface area contributed by atoms with Gasteiger partial charge in [0.05, 0.1) is 10.9 Å². The fourth-order valence-corrected chi connectivity index (χ4v) is 4.56. The maximum Gasteiger partial charge on any atom is 0.283 e. The van der Waals surface area contributed by atoms with Gasteiger partial charge in [0, 0.05) is 17.3 Å². The lowest BCUT2D eigenvalue weighted by atomic mass is 9.95. The summed E-state index contributed by atoms with van der Waals surface area (Å²) in [6.45, 7) is 9.67. The van der Waals surface area contributed by atoms with E-state index in [4.69, 9.17) is 11.5 Å². The summed E-state index contributed by atoms with van der Waals surface area (Å²) in [7, 11) is 0. The second-order valence-corrected chi connectivity index (χ2v) is 9.96. The van der Waals surface area contributed by atoms with Crippen molar-refractivity contribution in [1.82, 2.24) is 29.1 Å². The topological polar surface area (TPSA) is 148 Å². The van der Waals surface area contributed by atoms with Crippen LogP contribution < -0.4 is 22.6 Å². The zero-order valence-electron chi connectivity index (χ0n) is 18.0. The first kappa shape index (κ1) is 20.9. The first-order chi connectivity index (χ1) is 14.4. The molecule has 0 radical (unpaired) electrons. The van der Waals surface area contributed by atoms with Gasteiger partial charge in [-0.25, -0.2) is 9.97 Å². The highest BCUT2D eigenvalue weighted by molar-refractivity contribution is 7.16. The molecule has 0 saturated carbocycles. The Balaban J connectivity index is 1.84. The van der Waals surface area contributed by atoms with E-state index in [1.807, 2.05) is 34.6 Å². The van der Waals surface area contributed by atoms with Gasteiger partial charge >= 0.3 is 0 Å². The molecular formula is C20H24N8O2S. The molecule has 162 valence electrons. The van der Waals surface area contributed by atoms with E-state index in [-0.39, 0.29) is 17.5 Å². The van der Waals surface area contributed by atoms with Crippen molar-refractivity contribution in [2.75, 3.05) is 11.5 Å². The van der Waals surface area contributed by atoms with Crippen LogP contribution in [0, 0.1) is 0 Å². The van der Waals surface area contributed by atoms with Crippen molar-refractivity contribution in [2.24, 2.45) is 0 Å². The van der Waals surface area contributed by atoms with Crippen LogP contribution in [-0.4, -0.2) is 29.1 Å². The summed E-state index contributed by atoms with van der Waals surface area (Å²) in [5.74, 6) is 0.209. The van der Waals surface area contributed by atoms with Crippen LogP contribution >= 0.6 is 11.3 Å². The summed E-state index contributed by atoms with van der Waals surface area (Å²) < 4.78 is 3.65. The molecule has 0 fully saturated rings. The molecule has 4 aromatic heterocycles. The van der Waals surface area contributed by atoms with E-state index in [0.29, 0.717) is 27.8 Å². The van der Waals surface area contributed by atoms with Gasteiger partial charge in [-0.3, -0.25) is 18.7 Å². The summed E-state index contributed by atoms with van der Waals surface area (Å²) in [5, 5.41) is 0.369. The van der Waals surface area contributed by atoms with Gasteiger partial charge in [-0.05, 0) is 52.7 Å². The van der Waals surface area contributed by atoms with E-state index in [1.54, 1.807) is 22.3 Å². The highest BCUT2D eigenvalue weighted by atomic mass is 32.1. The Morgan fingerprint density at radius 2 is 1.68 bits per heavy atom. The average molecular weight is 441 g/mol. The smallest absolute Gasteiger partial charge is 0.283 e. The number of hydrogen-bond donors (Lipinski definition) is 2. The van der Waals surface area contributed by atoms with E-state index < -0.39 is 16.6 Å². The van der Waals surface area contributed by atoms with Crippen molar-refractivity contribution >= 4 is 44.6 Å². The molecule has 10 nitrogen and oxygen atoms in total. The number of hydrogen-bond acceptors (Lipinski definition) is 9. The van der Waals surface area contributed by atoms with Gasteiger partial charge in [0.1, 0.15) is 10.3 Å². The van der Waals surface area contributed by atoms with Crippen molar-refractivity contribution in [3.05, 3.63) is 44.0 Å². The first-order valence-electron chi connectivity index (χ1n) is 9.70. The van der Waals surface area contributed by atoms with E-state index in [9.17, 15) is 9.59 Å². The van der Waals surface area contributed by atoms with Crippen LogP contribution in [0.1, 0.15) is 40.2 Å². The molecule has 0 atom stereocenters. The van der Waals surface area contributed by atoms with Gasteiger partial charge in [0.25, 0.3) is 11.1 Å². The quantitative estimate of drug-likeness (QED) is 0.490. The lowest BCUT2D eigenvalue weighted by Crippen LogP contribution is -2.40. The van der Waals surface area contributed by atoms with Gasteiger partial charge in [-0.2, -0.15) is 9.97 Å². The molecule has 0 aliphatic rings. The number of nitrogen functional groups attached to an aromatic ring is 2. The summed E-state index contributed by atoms with van der Waals surface area (Å²) in [6.07, 6.45) is 2.08. The number of pyridine rings is 1. The van der Waals surface area contributed by atoms with Crippen molar-refractivity contribution in [3.63, 3.8) is 0 Å². The molecule has 31 heavy (non-hydrogen) atoms. The summed E-state index contributed by atoms with van der Waals surface area (Å²) in [6, 6.07) is 1.75. The van der Waals surface area contributed by atoms with Crippen LogP contribution in [0.25, 0.3) is 21.4 Å². The van der Waals surface area contributed by atoms with Crippen LogP contribution in [0.5, 0.6) is 0 Å². The lowest BCUT2D eigenvalue weighted by Gasteiger charge is -2.29. The molecular weight excluding hydrogens is 416 g/mol. The van der Waals surface area contributed by atoms with Crippen LogP contribution in [-0.2, 0) is 17.5 Å². The van der Waals surface area contributed by atoms with Crippen LogP contribution in [0.3, 0.4) is 0 Å². The lowest BCUT2D eigenvalue weighted by molar-refractivity contribution is 0.346. The fraction of sp³-hybridized carbons (Fsp3) is 0.400. The van der Waals surface area contributed by atoms with Gasteiger partial charge in [0.2, 0.25) is 11.9 Å². The first-order valence-corrected chi connectivity index (χ1v) is 10.6. The molecule has 0 aliphatic heterocycles. The Morgan fingerprint density at radius 1 is 1.00 bits per heavy atom. The monoisotopic (exact) mass is 440 g/mol. The van der Waals surface area contributed by atoms with Crippen molar-refractivity contribution in [3.8, 4) is 0 Å². The number of fused-ring (bicyclic) bond motifs is 2. The molecule has 4 rings (SSSR count). The van der Waals surface area contributed by atoms with Crippen LogP contribution in [0.4, 0.5) is 11.9 Å². The third kappa shape index (κ3) is 3.44. The van der Waals surface area contributed by atoms with Gasteiger partial charge < -0.3 is 11.5 Å². The van der Waals surface area contributed by atoms with Gasteiger partial charge in [-0.15, -0.1) is 11.3 Å². The molecule has 0 aliphatic carbocycles. The van der Waals surface area contributed by atoms with Gasteiger partial charge in [-0.1, -0.05) is 0 Å². The minimum absolute atomic E-state index is 0.0895. The normalized spacial score (nSPS) is 12.7. The van der Waals surface area contributed by atoms with Crippen LogP contribution in [0.15, 0.2) is 27.4 Å². The van der Waals surface area contributed by atoms with Gasteiger partial charge in [0.15, 0.2) is 5.65 Å². The molecule has 0 amide bonds. The predicted octanol–water partition coefficient (Wildman–Crippen LogP) is 1.86. The Morgan fingerprint density at radius 3 is 2.35 bits per heavy atom. The number of thiazole rings is 1. The minimum atomic E-state index is -0.730. The Kier molecular flexibility index (Phi) is 4.61. The maximum atomic E-state index is 13.0. The fourth-order valence-electron chi connectivity index (χ4n) is 3.91. The predicted molar refractivity (Wildman–Crippen MR) is 122 cm³/mol. The SMILES string of the molecule is CC(C)(C)n1c(N)nc(=O)c2cc(CC(C)(C)n3c(N)nc4ncsc4c3=O)cnc21. The molecule has 4 aromatic rings. The molecule has 0 aromatic carbocycles. The molecule has 4 heterocycles. The number of rotatable bonds is 3. The van der Waals surface area contributed by atoms with E-state index >= 15 is 0 Å². The second-order valence-electron chi connectivity index (χ2n) is 9.10. The number of nitrogens with zero attached hydrogens (tertiary/aromatic N) is 6. The third-order valence-corrected chi connectivity index (χ3v) is 5.92.